The number of carbonyl (C=O) groups excluding carboxylic acids is 1. The van der Waals surface area contributed by atoms with Crippen LogP contribution in [0, 0.1) is 13.8 Å². The van der Waals surface area contributed by atoms with Gasteiger partial charge in [0, 0.05) is 45.4 Å². The molecule has 1 amide bonds. The van der Waals surface area contributed by atoms with Gasteiger partial charge in [0.05, 0.1) is 6.04 Å². The van der Waals surface area contributed by atoms with Gasteiger partial charge in [-0.15, -0.1) is 0 Å². The molecule has 1 saturated heterocycles. The Morgan fingerprint density at radius 3 is 2.53 bits per heavy atom. The molecule has 1 aliphatic rings. The molecule has 0 spiro atoms. The van der Waals surface area contributed by atoms with Crippen LogP contribution < -0.4 is 10.2 Å². The summed E-state index contributed by atoms with van der Waals surface area (Å²) in [5, 5.41) is 3.37. The standard InChI is InChI=1S/C13H21N5O/c1-8-9(2)14-13(17(3)4)16-12(8)15-10-6-11(19)18(5)7-10/h10H,6-7H2,1-5H3,(H,14,15,16). The van der Waals surface area contributed by atoms with Crippen LogP contribution in [0.2, 0.25) is 0 Å². The SMILES string of the molecule is Cc1nc(N(C)C)nc(NC2CC(=O)N(C)C2)c1C. The molecule has 1 aromatic rings. The van der Waals surface area contributed by atoms with E-state index >= 15 is 0 Å². The number of nitrogens with one attached hydrogen (secondary N) is 1. The largest absolute Gasteiger partial charge is 0.365 e. The summed E-state index contributed by atoms with van der Waals surface area (Å²) in [6.45, 7) is 4.69. The van der Waals surface area contributed by atoms with Gasteiger partial charge in [0.25, 0.3) is 0 Å². The van der Waals surface area contributed by atoms with Crippen LogP contribution in [-0.2, 0) is 4.79 Å². The van der Waals surface area contributed by atoms with Gasteiger partial charge in [0.2, 0.25) is 11.9 Å². The smallest absolute Gasteiger partial charge is 0.227 e. The van der Waals surface area contributed by atoms with Gasteiger partial charge in [-0.2, -0.15) is 4.98 Å². The van der Waals surface area contributed by atoms with Crippen molar-refractivity contribution in [3.8, 4) is 0 Å². The van der Waals surface area contributed by atoms with Crippen LogP contribution >= 0.6 is 0 Å². The number of carbonyl (C=O) groups is 1. The molecule has 2 rings (SSSR count). The molecule has 1 unspecified atom stereocenters. The topological polar surface area (TPSA) is 61.4 Å². The Bertz CT molecular complexity index is 500. The third-order valence-electron chi connectivity index (χ3n) is 3.46. The maximum atomic E-state index is 11.5. The fourth-order valence-electron chi connectivity index (χ4n) is 2.11. The Hall–Kier alpha value is -1.85. The Kier molecular flexibility index (Phi) is 3.59. The van der Waals surface area contributed by atoms with Crippen LogP contribution in [-0.4, -0.2) is 54.5 Å². The van der Waals surface area contributed by atoms with Gasteiger partial charge in [0.15, 0.2) is 0 Å². The predicted molar refractivity (Wildman–Crippen MR) is 75.5 cm³/mol. The van der Waals surface area contributed by atoms with E-state index in [0.717, 1.165) is 23.6 Å². The highest BCUT2D eigenvalue weighted by Crippen LogP contribution is 2.21. The Balaban J connectivity index is 2.22. The van der Waals surface area contributed by atoms with E-state index in [1.165, 1.54) is 0 Å². The fraction of sp³-hybridized carbons (Fsp3) is 0.615. The molecule has 1 atom stereocenters. The summed E-state index contributed by atoms with van der Waals surface area (Å²) >= 11 is 0. The van der Waals surface area contributed by atoms with Crippen molar-refractivity contribution in [3.63, 3.8) is 0 Å². The normalized spacial score (nSPS) is 18.9. The van der Waals surface area contributed by atoms with Crippen LogP contribution in [0.3, 0.4) is 0 Å². The summed E-state index contributed by atoms with van der Waals surface area (Å²) in [5.41, 5.74) is 1.99. The Morgan fingerprint density at radius 2 is 2.00 bits per heavy atom. The van der Waals surface area contributed by atoms with Crippen LogP contribution in [0.15, 0.2) is 0 Å². The van der Waals surface area contributed by atoms with Gasteiger partial charge >= 0.3 is 0 Å². The number of aryl methyl sites for hydroxylation is 1. The molecular weight excluding hydrogens is 242 g/mol. The molecule has 6 nitrogen and oxygen atoms in total. The monoisotopic (exact) mass is 263 g/mol. The lowest BCUT2D eigenvalue weighted by atomic mass is 10.2. The van der Waals surface area contributed by atoms with Crippen LogP contribution in [0.25, 0.3) is 0 Å². The molecule has 1 N–H and O–H groups in total. The molecule has 0 bridgehead atoms. The summed E-state index contributed by atoms with van der Waals surface area (Å²) in [6, 6.07) is 0.125. The molecule has 19 heavy (non-hydrogen) atoms. The maximum absolute atomic E-state index is 11.5. The lowest BCUT2D eigenvalue weighted by Gasteiger charge is -2.18. The van der Waals surface area contributed by atoms with Crippen molar-refractivity contribution in [1.29, 1.82) is 0 Å². The quantitative estimate of drug-likeness (QED) is 0.874. The molecule has 104 valence electrons. The Labute approximate surface area is 113 Å². The number of aromatic nitrogens is 2. The molecule has 2 heterocycles. The van der Waals surface area contributed by atoms with Crippen molar-refractivity contribution in [3.05, 3.63) is 11.3 Å². The third-order valence-corrected chi connectivity index (χ3v) is 3.46. The van der Waals surface area contributed by atoms with E-state index in [1.54, 1.807) is 4.90 Å². The molecule has 6 heteroatoms. The minimum Gasteiger partial charge on any atom is -0.365 e. The van der Waals surface area contributed by atoms with Crippen LogP contribution in [0.1, 0.15) is 17.7 Å². The molecule has 1 aromatic heterocycles. The first-order valence-corrected chi connectivity index (χ1v) is 6.41. The van der Waals surface area contributed by atoms with Crippen LogP contribution in [0.5, 0.6) is 0 Å². The zero-order valence-corrected chi connectivity index (χ0v) is 12.2. The van der Waals surface area contributed by atoms with Crippen molar-refractivity contribution in [2.24, 2.45) is 0 Å². The molecule has 1 aliphatic heterocycles. The number of hydrogen-bond donors (Lipinski definition) is 1. The average Bonchev–Trinajstić information content (AvgIpc) is 2.63. The van der Waals surface area contributed by atoms with Gasteiger partial charge in [0.1, 0.15) is 5.82 Å². The molecular formula is C13H21N5O. The summed E-state index contributed by atoms with van der Waals surface area (Å²) in [5.74, 6) is 1.68. The van der Waals surface area contributed by atoms with E-state index in [0.29, 0.717) is 12.4 Å². The summed E-state index contributed by atoms with van der Waals surface area (Å²) < 4.78 is 0. The van der Waals surface area contributed by atoms with Crippen LogP contribution in [0.4, 0.5) is 11.8 Å². The van der Waals surface area contributed by atoms with E-state index in [2.05, 4.69) is 15.3 Å². The van der Waals surface area contributed by atoms with E-state index in [-0.39, 0.29) is 11.9 Å². The number of hydrogen-bond acceptors (Lipinski definition) is 5. The lowest BCUT2D eigenvalue weighted by molar-refractivity contribution is -0.126. The second-order valence-corrected chi connectivity index (χ2v) is 5.30. The molecule has 1 fully saturated rings. The number of likely N-dealkylation sites (N-methyl/N-ethyl adjacent to an activating group) is 1. The number of nitrogens with zero attached hydrogens (tertiary/aromatic N) is 4. The molecule has 0 saturated carbocycles. The summed E-state index contributed by atoms with van der Waals surface area (Å²) in [7, 11) is 5.66. The first kappa shape index (κ1) is 13.6. The zero-order chi connectivity index (χ0) is 14.2. The maximum Gasteiger partial charge on any atom is 0.227 e. The van der Waals surface area contributed by atoms with E-state index in [9.17, 15) is 4.79 Å². The van der Waals surface area contributed by atoms with Crippen molar-refractivity contribution in [2.45, 2.75) is 26.3 Å². The Morgan fingerprint density at radius 1 is 1.32 bits per heavy atom. The van der Waals surface area contributed by atoms with Crippen molar-refractivity contribution in [2.75, 3.05) is 37.9 Å². The first-order valence-electron chi connectivity index (χ1n) is 6.41. The molecule has 0 aromatic carbocycles. The predicted octanol–water partition coefficient (Wildman–Crippen LogP) is 0.802. The molecule has 0 aliphatic carbocycles. The number of anilines is 2. The molecule has 0 radical (unpaired) electrons. The van der Waals surface area contributed by atoms with Crippen molar-refractivity contribution >= 4 is 17.7 Å². The van der Waals surface area contributed by atoms with Gasteiger partial charge < -0.3 is 15.1 Å². The highest BCUT2D eigenvalue weighted by atomic mass is 16.2. The fourth-order valence-corrected chi connectivity index (χ4v) is 2.11. The zero-order valence-electron chi connectivity index (χ0n) is 12.2. The van der Waals surface area contributed by atoms with Gasteiger partial charge in [-0.1, -0.05) is 0 Å². The highest BCUT2D eigenvalue weighted by Gasteiger charge is 2.27. The minimum absolute atomic E-state index is 0.125. The van der Waals surface area contributed by atoms with E-state index in [1.807, 2.05) is 39.9 Å². The van der Waals surface area contributed by atoms with Crippen molar-refractivity contribution < 1.29 is 4.79 Å². The van der Waals surface area contributed by atoms with Crippen molar-refractivity contribution in [1.82, 2.24) is 14.9 Å². The van der Waals surface area contributed by atoms with E-state index < -0.39 is 0 Å². The van der Waals surface area contributed by atoms with Gasteiger partial charge in [-0.25, -0.2) is 4.98 Å². The van der Waals surface area contributed by atoms with Gasteiger partial charge in [-0.05, 0) is 13.8 Å². The summed E-state index contributed by atoms with van der Waals surface area (Å²) in [6.07, 6.45) is 0.524. The number of likely N-dealkylation sites (tertiary alicyclic amines) is 1. The van der Waals surface area contributed by atoms with E-state index in [4.69, 9.17) is 0 Å². The highest BCUT2D eigenvalue weighted by molar-refractivity contribution is 5.79. The average molecular weight is 263 g/mol. The lowest BCUT2D eigenvalue weighted by Crippen LogP contribution is -2.26. The van der Waals surface area contributed by atoms with Gasteiger partial charge in [-0.3, -0.25) is 4.79 Å². The minimum atomic E-state index is 0.125. The first-order chi connectivity index (χ1) is 8.88. The second-order valence-electron chi connectivity index (χ2n) is 5.30. The number of amides is 1. The summed E-state index contributed by atoms with van der Waals surface area (Å²) in [4.78, 5) is 24.1. The number of rotatable bonds is 3. The second kappa shape index (κ2) is 5.03. The third kappa shape index (κ3) is 2.77.